The number of amides is 1. The number of benzene rings is 3. The van der Waals surface area contributed by atoms with E-state index in [1.165, 1.54) is 6.07 Å². The molecule has 1 amide bonds. The average Bonchev–Trinajstić information content (AvgIpc) is 2.85. The van der Waals surface area contributed by atoms with Gasteiger partial charge in [0.25, 0.3) is 5.91 Å². The van der Waals surface area contributed by atoms with Gasteiger partial charge in [-0.3, -0.25) is 4.79 Å². The zero-order valence-electron chi connectivity index (χ0n) is 18.0. The number of halogens is 1. The first-order valence-corrected chi connectivity index (χ1v) is 10.7. The number of carbonyl (C=O) groups is 1. The fourth-order valence-corrected chi connectivity index (χ4v) is 3.40. The van der Waals surface area contributed by atoms with Crippen molar-refractivity contribution in [3.05, 3.63) is 101 Å². The zero-order valence-corrected chi connectivity index (χ0v) is 18.0. The standard InChI is InChI=1S/C25H21FN2O.C2H6/c26-23-8-4-5-9-24(23)27-16-18-28(19-17-27)25(29)22-14-12-21(13-15-22)11-10-20-6-2-1-3-7-20;1-2/h1-9,12-15H,16-19H2;1-2H3. The SMILES string of the molecule is CC.O=C(c1ccc(C#Cc2ccccc2)cc1)N1CCN(c2ccccc2F)CC1. The highest BCUT2D eigenvalue weighted by Gasteiger charge is 2.23. The van der Waals surface area contributed by atoms with Crippen LogP contribution < -0.4 is 4.90 Å². The lowest BCUT2D eigenvalue weighted by molar-refractivity contribution is 0.0746. The summed E-state index contributed by atoms with van der Waals surface area (Å²) in [6.07, 6.45) is 0. The first kappa shape index (κ1) is 22.1. The largest absolute Gasteiger partial charge is 0.366 e. The molecule has 0 spiro atoms. The van der Waals surface area contributed by atoms with E-state index in [2.05, 4.69) is 11.8 Å². The maximum atomic E-state index is 14.0. The van der Waals surface area contributed by atoms with E-state index >= 15 is 0 Å². The van der Waals surface area contributed by atoms with Crippen LogP contribution in [0.25, 0.3) is 0 Å². The Balaban J connectivity index is 0.00000132. The number of nitrogens with zero attached hydrogens (tertiary/aromatic N) is 2. The van der Waals surface area contributed by atoms with E-state index in [1.807, 2.05) is 84.3 Å². The van der Waals surface area contributed by atoms with Crippen LogP contribution in [-0.4, -0.2) is 37.0 Å². The summed E-state index contributed by atoms with van der Waals surface area (Å²) in [6.45, 7) is 6.38. The van der Waals surface area contributed by atoms with E-state index in [0.29, 0.717) is 37.4 Å². The third-order valence-electron chi connectivity index (χ3n) is 5.02. The van der Waals surface area contributed by atoms with Crippen LogP contribution in [0.3, 0.4) is 0 Å². The summed E-state index contributed by atoms with van der Waals surface area (Å²) in [7, 11) is 0. The third-order valence-corrected chi connectivity index (χ3v) is 5.02. The second-order valence-electron chi connectivity index (χ2n) is 6.92. The second kappa shape index (κ2) is 11.0. The molecule has 0 aliphatic carbocycles. The quantitative estimate of drug-likeness (QED) is 0.537. The van der Waals surface area contributed by atoms with E-state index in [0.717, 1.165) is 11.1 Å². The average molecular weight is 415 g/mol. The first-order valence-electron chi connectivity index (χ1n) is 10.7. The minimum absolute atomic E-state index is 0.000696. The molecule has 1 fully saturated rings. The van der Waals surface area contributed by atoms with Crippen molar-refractivity contribution in [2.24, 2.45) is 0 Å². The van der Waals surface area contributed by atoms with Crippen molar-refractivity contribution in [2.45, 2.75) is 13.8 Å². The van der Waals surface area contributed by atoms with Crippen molar-refractivity contribution in [3.63, 3.8) is 0 Å². The molecule has 1 saturated heterocycles. The predicted octanol–water partition coefficient (Wildman–Crippen LogP) is 5.21. The summed E-state index contributed by atoms with van der Waals surface area (Å²) in [4.78, 5) is 16.6. The maximum Gasteiger partial charge on any atom is 0.253 e. The van der Waals surface area contributed by atoms with Crippen molar-refractivity contribution in [3.8, 4) is 11.8 Å². The van der Waals surface area contributed by atoms with Gasteiger partial charge in [0, 0.05) is 42.9 Å². The maximum absolute atomic E-state index is 14.0. The van der Waals surface area contributed by atoms with Crippen molar-refractivity contribution in [1.29, 1.82) is 0 Å². The van der Waals surface area contributed by atoms with Gasteiger partial charge in [-0.2, -0.15) is 0 Å². The topological polar surface area (TPSA) is 23.6 Å². The van der Waals surface area contributed by atoms with E-state index in [1.54, 1.807) is 12.1 Å². The van der Waals surface area contributed by atoms with E-state index in [4.69, 9.17) is 0 Å². The highest BCUT2D eigenvalue weighted by molar-refractivity contribution is 5.94. The minimum atomic E-state index is -0.223. The number of para-hydroxylation sites is 1. The highest BCUT2D eigenvalue weighted by Crippen LogP contribution is 2.20. The number of hydrogen-bond donors (Lipinski definition) is 0. The molecule has 4 rings (SSSR count). The summed E-state index contributed by atoms with van der Waals surface area (Å²) in [5, 5.41) is 0. The molecule has 31 heavy (non-hydrogen) atoms. The van der Waals surface area contributed by atoms with Crippen molar-refractivity contribution >= 4 is 11.6 Å². The summed E-state index contributed by atoms with van der Waals surface area (Å²) >= 11 is 0. The Hall–Kier alpha value is -3.58. The number of anilines is 1. The van der Waals surface area contributed by atoms with E-state index in [-0.39, 0.29) is 11.7 Å². The summed E-state index contributed by atoms with van der Waals surface area (Å²) in [5.74, 6) is 6.01. The molecule has 0 radical (unpaired) electrons. The van der Waals surface area contributed by atoms with Gasteiger partial charge < -0.3 is 9.80 Å². The molecular formula is C27H27FN2O. The van der Waals surface area contributed by atoms with Crippen LogP contribution in [0.2, 0.25) is 0 Å². The molecule has 3 aromatic rings. The summed E-state index contributed by atoms with van der Waals surface area (Å²) in [6, 6.07) is 24.0. The summed E-state index contributed by atoms with van der Waals surface area (Å²) in [5.41, 5.74) is 3.07. The van der Waals surface area contributed by atoms with E-state index in [9.17, 15) is 9.18 Å². The minimum Gasteiger partial charge on any atom is -0.366 e. The normalized spacial score (nSPS) is 12.9. The Kier molecular flexibility index (Phi) is 7.84. The Morgan fingerprint density at radius 1 is 0.742 bits per heavy atom. The number of hydrogen-bond acceptors (Lipinski definition) is 2. The van der Waals surface area contributed by atoms with Gasteiger partial charge in [-0.25, -0.2) is 4.39 Å². The molecule has 0 unspecified atom stereocenters. The van der Waals surface area contributed by atoms with Crippen LogP contribution in [0.15, 0.2) is 78.9 Å². The predicted molar refractivity (Wildman–Crippen MR) is 125 cm³/mol. The smallest absolute Gasteiger partial charge is 0.253 e. The molecule has 0 atom stereocenters. The second-order valence-corrected chi connectivity index (χ2v) is 6.92. The Labute approximate surface area is 184 Å². The van der Waals surface area contributed by atoms with Crippen molar-refractivity contribution in [2.75, 3.05) is 31.1 Å². The number of piperazine rings is 1. The van der Waals surface area contributed by atoms with Gasteiger partial charge in [0.15, 0.2) is 0 Å². The Bertz CT molecular complexity index is 1040. The summed E-state index contributed by atoms with van der Waals surface area (Å²) < 4.78 is 14.0. The molecule has 0 saturated carbocycles. The lowest BCUT2D eigenvalue weighted by Crippen LogP contribution is -2.49. The number of carbonyl (C=O) groups excluding carboxylic acids is 1. The Morgan fingerprint density at radius 3 is 1.90 bits per heavy atom. The molecule has 158 valence electrons. The van der Waals surface area contributed by atoms with Crippen molar-refractivity contribution < 1.29 is 9.18 Å². The van der Waals surface area contributed by atoms with Gasteiger partial charge in [-0.1, -0.05) is 56.0 Å². The lowest BCUT2D eigenvalue weighted by Gasteiger charge is -2.36. The molecule has 1 heterocycles. The molecule has 3 aromatic carbocycles. The molecule has 1 aliphatic rings. The fraction of sp³-hybridized carbons (Fsp3) is 0.222. The van der Waals surface area contributed by atoms with Gasteiger partial charge in [-0.05, 0) is 48.5 Å². The first-order chi connectivity index (χ1) is 15.2. The molecular weight excluding hydrogens is 387 g/mol. The third kappa shape index (κ3) is 5.73. The molecule has 3 nitrogen and oxygen atoms in total. The van der Waals surface area contributed by atoms with Gasteiger partial charge in [0.05, 0.1) is 5.69 Å². The molecule has 1 aliphatic heterocycles. The van der Waals surface area contributed by atoms with Gasteiger partial charge >= 0.3 is 0 Å². The monoisotopic (exact) mass is 414 g/mol. The zero-order chi connectivity index (χ0) is 22.1. The molecule has 0 N–H and O–H groups in total. The molecule has 4 heteroatoms. The Morgan fingerprint density at radius 2 is 1.29 bits per heavy atom. The van der Waals surface area contributed by atoms with E-state index < -0.39 is 0 Å². The lowest BCUT2D eigenvalue weighted by atomic mass is 10.1. The van der Waals surface area contributed by atoms with Crippen LogP contribution in [0.1, 0.15) is 35.3 Å². The van der Waals surface area contributed by atoms with Gasteiger partial charge in [0.2, 0.25) is 0 Å². The highest BCUT2D eigenvalue weighted by atomic mass is 19.1. The van der Waals surface area contributed by atoms with Crippen LogP contribution in [0, 0.1) is 17.7 Å². The van der Waals surface area contributed by atoms with Crippen LogP contribution in [0.5, 0.6) is 0 Å². The van der Waals surface area contributed by atoms with Gasteiger partial charge in [0.1, 0.15) is 5.82 Å². The van der Waals surface area contributed by atoms with Crippen molar-refractivity contribution in [1.82, 2.24) is 4.90 Å². The molecule has 0 bridgehead atoms. The van der Waals surface area contributed by atoms with Crippen LogP contribution in [-0.2, 0) is 0 Å². The van der Waals surface area contributed by atoms with Gasteiger partial charge in [-0.15, -0.1) is 0 Å². The van der Waals surface area contributed by atoms with Crippen LogP contribution >= 0.6 is 0 Å². The fourth-order valence-electron chi connectivity index (χ4n) is 3.40. The number of rotatable bonds is 2. The molecule has 0 aromatic heterocycles. The van der Waals surface area contributed by atoms with Crippen LogP contribution in [0.4, 0.5) is 10.1 Å².